The molecular formula is C12H19NO2. The van der Waals surface area contributed by atoms with Crippen LogP contribution in [0.4, 0.5) is 0 Å². The molecule has 0 aromatic rings. The number of hydrogen-bond acceptors (Lipinski definition) is 3. The maximum atomic E-state index is 11.3. The topological polar surface area (TPSA) is 49.7 Å². The van der Waals surface area contributed by atoms with Crippen LogP contribution in [0.5, 0.6) is 0 Å². The Morgan fingerprint density at radius 1 is 1.13 bits per heavy atom. The molecule has 2 rings (SSSR count). The van der Waals surface area contributed by atoms with E-state index in [1.54, 1.807) is 0 Å². The quantitative estimate of drug-likeness (QED) is 0.716. The minimum atomic E-state index is -0.275. The van der Waals surface area contributed by atoms with Gasteiger partial charge in [0, 0.05) is 18.6 Å². The zero-order valence-corrected chi connectivity index (χ0v) is 9.11. The Hall–Kier alpha value is -0.700. The summed E-state index contributed by atoms with van der Waals surface area (Å²) < 4.78 is 0. The molecule has 84 valence electrons. The summed E-state index contributed by atoms with van der Waals surface area (Å²) in [6.45, 7) is 0. The maximum Gasteiger partial charge on any atom is 0.138 e. The molecule has 0 saturated heterocycles. The summed E-state index contributed by atoms with van der Waals surface area (Å²) in [6.07, 6.45) is 7.00. The average molecular weight is 209 g/mol. The van der Waals surface area contributed by atoms with E-state index in [0.29, 0.717) is 18.6 Å². The summed E-state index contributed by atoms with van der Waals surface area (Å²) in [5.41, 5.74) is 1.03. The fourth-order valence-electron chi connectivity index (χ4n) is 2.48. The van der Waals surface area contributed by atoms with Gasteiger partial charge in [0.2, 0.25) is 0 Å². The first-order chi connectivity index (χ1) is 7.25. The van der Waals surface area contributed by atoms with Crippen LogP contribution in [-0.2, 0) is 4.79 Å². The van der Waals surface area contributed by atoms with E-state index in [2.05, 4.69) is 4.99 Å². The van der Waals surface area contributed by atoms with Crippen molar-refractivity contribution in [2.45, 2.75) is 63.5 Å². The molecule has 2 atom stereocenters. The maximum absolute atomic E-state index is 11.3. The number of hydrogen-bond donors (Lipinski definition) is 1. The Bertz CT molecular complexity index is 273. The number of nitrogens with zero attached hydrogens (tertiary/aromatic N) is 1. The number of carbonyl (C=O) groups is 1. The number of rotatable bonds is 1. The third kappa shape index (κ3) is 2.88. The first-order valence-corrected chi connectivity index (χ1v) is 6.01. The molecule has 2 aliphatic carbocycles. The van der Waals surface area contributed by atoms with E-state index in [0.717, 1.165) is 44.2 Å². The average Bonchev–Trinajstić information content (AvgIpc) is 2.22. The second-order valence-corrected chi connectivity index (χ2v) is 4.68. The van der Waals surface area contributed by atoms with E-state index in [-0.39, 0.29) is 12.1 Å². The number of ketones is 1. The van der Waals surface area contributed by atoms with Gasteiger partial charge in [0.1, 0.15) is 5.78 Å². The van der Waals surface area contributed by atoms with Crippen molar-refractivity contribution in [3.63, 3.8) is 0 Å². The van der Waals surface area contributed by atoms with Crippen molar-refractivity contribution in [2.75, 3.05) is 0 Å². The van der Waals surface area contributed by atoms with E-state index in [9.17, 15) is 9.90 Å². The molecule has 0 aromatic carbocycles. The number of aliphatic hydroxyl groups excluding tert-OH is 1. The molecule has 0 heterocycles. The Morgan fingerprint density at radius 2 is 1.93 bits per heavy atom. The van der Waals surface area contributed by atoms with Gasteiger partial charge in [-0.3, -0.25) is 9.79 Å². The first-order valence-electron chi connectivity index (χ1n) is 6.01. The lowest BCUT2D eigenvalue weighted by Gasteiger charge is -2.26. The van der Waals surface area contributed by atoms with Crippen molar-refractivity contribution < 1.29 is 9.90 Å². The van der Waals surface area contributed by atoms with Crippen LogP contribution in [-0.4, -0.2) is 28.7 Å². The third-order valence-electron chi connectivity index (χ3n) is 3.36. The second-order valence-electron chi connectivity index (χ2n) is 4.68. The highest BCUT2D eigenvalue weighted by molar-refractivity contribution is 6.04. The highest BCUT2D eigenvalue weighted by atomic mass is 16.3. The minimum absolute atomic E-state index is 0.0691. The predicted octanol–water partition coefficient (Wildman–Crippen LogP) is 1.87. The van der Waals surface area contributed by atoms with Crippen LogP contribution in [0.15, 0.2) is 4.99 Å². The van der Waals surface area contributed by atoms with Crippen molar-refractivity contribution in [3.05, 3.63) is 0 Å². The number of aliphatic imine (C=N–C) groups is 1. The van der Waals surface area contributed by atoms with Crippen molar-refractivity contribution >= 4 is 11.5 Å². The number of Topliss-reactive ketones (excluding diaryl/α,β-unsaturated/α-hetero) is 1. The Labute approximate surface area is 90.6 Å². The molecular weight excluding hydrogens is 190 g/mol. The van der Waals surface area contributed by atoms with Gasteiger partial charge in [0.05, 0.1) is 12.1 Å². The lowest BCUT2D eigenvalue weighted by molar-refractivity contribution is -0.118. The molecule has 0 spiro atoms. The van der Waals surface area contributed by atoms with E-state index in [4.69, 9.17) is 0 Å². The Morgan fingerprint density at radius 3 is 2.67 bits per heavy atom. The molecule has 0 radical (unpaired) electrons. The molecule has 0 unspecified atom stereocenters. The van der Waals surface area contributed by atoms with Gasteiger partial charge in [-0.25, -0.2) is 0 Å². The van der Waals surface area contributed by atoms with Crippen molar-refractivity contribution in [1.82, 2.24) is 0 Å². The van der Waals surface area contributed by atoms with Crippen LogP contribution in [0.25, 0.3) is 0 Å². The van der Waals surface area contributed by atoms with Crippen LogP contribution in [0.3, 0.4) is 0 Å². The van der Waals surface area contributed by atoms with Gasteiger partial charge >= 0.3 is 0 Å². The molecule has 3 heteroatoms. The van der Waals surface area contributed by atoms with Crippen LogP contribution in [0, 0.1) is 0 Å². The molecule has 0 aliphatic heterocycles. The van der Waals surface area contributed by atoms with Gasteiger partial charge in [0.25, 0.3) is 0 Å². The monoisotopic (exact) mass is 209 g/mol. The molecule has 1 N–H and O–H groups in total. The normalized spacial score (nSPS) is 35.8. The molecule has 0 bridgehead atoms. The van der Waals surface area contributed by atoms with Crippen LogP contribution in [0.2, 0.25) is 0 Å². The van der Waals surface area contributed by atoms with Crippen molar-refractivity contribution in [2.24, 2.45) is 4.99 Å². The summed E-state index contributed by atoms with van der Waals surface area (Å²) in [7, 11) is 0. The minimum Gasteiger partial charge on any atom is -0.391 e. The van der Waals surface area contributed by atoms with Gasteiger partial charge in [-0.05, 0) is 25.7 Å². The van der Waals surface area contributed by atoms with Crippen LogP contribution < -0.4 is 0 Å². The zero-order chi connectivity index (χ0) is 10.7. The SMILES string of the molecule is O=C1CCCC(=N[C@H]2CCCC[C@@H]2O)C1. The zero-order valence-electron chi connectivity index (χ0n) is 9.11. The molecule has 0 aromatic heterocycles. The van der Waals surface area contributed by atoms with Crippen LogP contribution in [0.1, 0.15) is 51.4 Å². The van der Waals surface area contributed by atoms with Gasteiger partial charge in [-0.1, -0.05) is 12.8 Å². The predicted molar refractivity (Wildman–Crippen MR) is 59.2 cm³/mol. The fourth-order valence-corrected chi connectivity index (χ4v) is 2.48. The van der Waals surface area contributed by atoms with E-state index < -0.39 is 0 Å². The molecule has 2 aliphatic rings. The molecule has 0 amide bonds. The molecule has 2 saturated carbocycles. The highest BCUT2D eigenvalue weighted by Crippen LogP contribution is 2.23. The van der Waals surface area contributed by atoms with Gasteiger partial charge in [-0.15, -0.1) is 0 Å². The number of carbonyl (C=O) groups excluding carboxylic acids is 1. The summed E-state index contributed by atoms with van der Waals surface area (Å²) in [4.78, 5) is 15.8. The lowest BCUT2D eigenvalue weighted by atomic mass is 9.91. The summed E-state index contributed by atoms with van der Waals surface area (Å²) in [6, 6.07) is 0.0691. The third-order valence-corrected chi connectivity index (χ3v) is 3.36. The van der Waals surface area contributed by atoms with E-state index in [1.165, 1.54) is 0 Å². The lowest BCUT2D eigenvalue weighted by Crippen LogP contribution is -2.30. The number of aliphatic hydroxyl groups is 1. The standard InChI is InChI=1S/C12H19NO2/c14-10-5-3-4-9(8-10)13-11-6-1-2-7-12(11)15/h11-12,15H,1-8H2/t11-,12-/m0/s1. The smallest absolute Gasteiger partial charge is 0.138 e. The van der Waals surface area contributed by atoms with Gasteiger partial charge in [0.15, 0.2) is 0 Å². The molecule has 3 nitrogen and oxygen atoms in total. The molecule has 2 fully saturated rings. The Balaban J connectivity index is 1.97. The first kappa shape index (κ1) is 10.8. The largest absolute Gasteiger partial charge is 0.391 e. The van der Waals surface area contributed by atoms with E-state index >= 15 is 0 Å². The summed E-state index contributed by atoms with van der Waals surface area (Å²) in [5, 5.41) is 9.77. The Kier molecular flexibility index (Phi) is 3.52. The van der Waals surface area contributed by atoms with Crippen LogP contribution >= 0.6 is 0 Å². The van der Waals surface area contributed by atoms with Crippen molar-refractivity contribution in [3.8, 4) is 0 Å². The summed E-state index contributed by atoms with van der Waals surface area (Å²) >= 11 is 0. The second kappa shape index (κ2) is 4.88. The fraction of sp³-hybridized carbons (Fsp3) is 0.833. The molecule has 15 heavy (non-hydrogen) atoms. The highest BCUT2D eigenvalue weighted by Gasteiger charge is 2.24. The van der Waals surface area contributed by atoms with E-state index in [1.807, 2.05) is 0 Å². The van der Waals surface area contributed by atoms with Gasteiger partial charge in [-0.2, -0.15) is 0 Å². The summed E-state index contributed by atoms with van der Waals surface area (Å²) in [5.74, 6) is 0.310. The van der Waals surface area contributed by atoms with Gasteiger partial charge < -0.3 is 5.11 Å². The van der Waals surface area contributed by atoms with Crippen molar-refractivity contribution in [1.29, 1.82) is 0 Å².